The topological polar surface area (TPSA) is 80.8 Å². The van der Waals surface area contributed by atoms with Crippen molar-refractivity contribution in [3.8, 4) is 0 Å². The molecule has 0 saturated heterocycles. The van der Waals surface area contributed by atoms with E-state index in [0.29, 0.717) is 5.56 Å². The number of ether oxygens (including phenoxy) is 1. The summed E-state index contributed by atoms with van der Waals surface area (Å²) < 4.78 is 29.8. The number of nitrogens with zero attached hydrogens (tertiary/aromatic N) is 1. The number of hydrogen-bond donors (Lipinski definition) is 0. The molecule has 2 aromatic rings. The van der Waals surface area contributed by atoms with Gasteiger partial charge < -0.3 is 9.64 Å². The molecule has 1 amide bonds. The molecule has 26 heavy (non-hydrogen) atoms. The van der Waals surface area contributed by atoms with Crippen molar-refractivity contribution in [3.63, 3.8) is 0 Å². The molecule has 0 aliphatic carbocycles. The Morgan fingerprint density at radius 2 is 1.50 bits per heavy atom. The minimum atomic E-state index is -3.59. The Morgan fingerprint density at radius 1 is 0.962 bits per heavy atom. The largest absolute Gasteiger partial charge is 0.447 e. The molecule has 6 nitrogen and oxygen atoms in total. The number of benzene rings is 2. The zero-order chi connectivity index (χ0) is 19.2. The lowest BCUT2D eigenvalue weighted by molar-refractivity contribution is -0.159. The number of amides is 1. The number of hydrogen-bond acceptors (Lipinski definition) is 5. The number of esters is 1. The minimum absolute atomic E-state index is 0.150. The van der Waals surface area contributed by atoms with Gasteiger partial charge in [0, 0.05) is 19.7 Å². The molecule has 0 saturated carbocycles. The van der Waals surface area contributed by atoms with E-state index in [1.165, 1.54) is 17.0 Å². The highest BCUT2D eigenvalue weighted by Crippen LogP contribution is 2.20. The highest BCUT2D eigenvalue weighted by Gasteiger charge is 2.27. The van der Waals surface area contributed by atoms with Gasteiger partial charge in [0.15, 0.2) is 9.84 Å². The molecule has 0 fully saturated rings. The van der Waals surface area contributed by atoms with Crippen LogP contribution in [0.4, 0.5) is 0 Å². The molecule has 0 aliphatic heterocycles. The molecule has 0 radical (unpaired) electrons. The number of sulfone groups is 1. The SMILES string of the molecule is CN(C)C(=O)[C@H](OC(=O)CCS(=O)(=O)c1ccccc1)c1ccccc1. The molecule has 0 bridgehead atoms. The molecule has 0 N–H and O–H groups in total. The van der Waals surface area contributed by atoms with Gasteiger partial charge in [-0.2, -0.15) is 0 Å². The van der Waals surface area contributed by atoms with Crippen LogP contribution in [0.25, 0.3) is 0 Å². The summed E-state index contributed by atoms with van der Waals surface area (Å²) in [6, 6.07) is 16.5. The summed E-state index contributed by atoms with van der Waals surface area (Å²) in [4.78, 5) is 26.0. The molecule has 0 spiro atoms. The van der Waals surface area contributed by atoms with E-state index in [9.17, 15) is 18.0 Å². The quantitative estimate of drug-likeness (QED) is 0.693. The van der Waals surface area contributed by atoms with Gasteiger partial charge in [-0.05, 0) is 12.1 Å². The summed E-state index contributed by atoms with van der Waals surface area (Å²) in [6.07, 6.45) is -1.43. The number of likely N-dealkylation sites (N-methyl/N-ethyl adjacent to an activating group) is 1. The smallest absolute Gasteiger partial charge is 0.307 e. The van der Waals surface area contributed by atoms with Gasteiger partial charge in [0.25, 0.3) is 5.91 Å². The van der Waals surface area contributed by atoms with E-state index in [-0.39, 0.29) is 17.1 Å². The Kier molecular flexibility index (Phi) is 6.52. The first-order chi connectivity index (χ1) is 12.3. The summed E-state index contributed by atoms with van der Waals surface area (Å²) in [6.45, 7) is 0. The Labute approximate surface area is 153 Å². The first kappa shape index (κ1) is 19.7. The normalized spacial score (nSPS) is 12.2. The van der Waals surface area contributed by atoms with E-state index >= 15 is 0 Å². The maximum atomic E-state index is 12.3. The van der Waals surface area contributed by atoms with Crippen molar-refractivity contribution in [1.82, 2.24) is 4.90 Å². The van der Waals surface area contributed by atoms with Crippen LogP contribution in [0.1, 0.15) is 18.1 Å². The van der Waals surface area contributed by atoms with E-state index in [4.69, 9.17) is 4.74 Å². The van der Waals surface area contributed by atoms with Crippen LogP contribution in [0.3, 0.4) is 0 Å². The van der Waals surface area contributed by atoms with Crippen molar-refractivity contribution >= 4 is 21.7 Å². The molecule has 0 unspecified atom stereocenters. The van der Waals surface area contributed by atoms with Crippen LogP contribution in [0.5, 0.6) is 0 Å². The predicted molar refractivity (Wildman–Crippen MR) is 97.1 cm³/mol. The van der Waals surface area contributed by atoms with Gasteiger partial charge in [-0.25, -0.2) is 8.42 Å². The lowest BCUT2D eigenvalue weighted by Gasteiger charge is -2.21. The second kappa shape index (κ2) is 8.62. The molecule has 1 atom stereocenters. The van der Waals surface area contributed by atoms with Gasteiger partial charge in [0.2, 0.25) is 6.10 Å². The lowest BCUT2D eigenvalue weighted by Crippen LogP contribution is -2.31. The maximum Gasteiger partial charge on any atom is 0.307 e. The fourth-order valence-corrected chi connectivity index (χ4v) is 3.52. The van der Waals surface area contributed by atoms with Crippen molar-refractivity contribution in [2.24, 2.45) is 0 Å². The molecular formula is C19H21NO5S. The van der Waals surface area contributed by atoms with E-state index in [1.807, 2.05) is 0 Å². The number of carbonyl (C=O) groups is 2. The van der Waals surface area contributed by atoms with Crippen molar-refractivity contribution in [3.05, 3.63) is 66.2 Å². The Bertz CT molecular complexity index is 848. The van der Waals surface area contributed by atoms with Gasteiger partial charge in [0.1, 0.15) is 0 Å². The van der Waals surface area contributed by atoms with Crippen LogP contribution in [0.2, 0.25) is 0 Å². The van der Waals surface area contributed by atoms with Crippen molar-refractivity contribution in [2.45, 2.75) is 17.4 Å². The van der Waals surface area contributed by atoms with Crippen molar-refractivity contribution < 1.29 is 22.7 Å². The molecular weight excluding hydrogens is 354 g/mol. The molecule has 138 valence electrons. The van der Waals surface area contributed by atoms with Crippen LogP contribution in [-0.2, 0) is 24.2 Å². The molecule has 2 aromatic carbocycles. The Morgan fingerprint density at radius 3 is 2.04 bits per heavy atom. The average Bonchev–Trinajstić information content (AvgIpc) is 2.65. The number of rotatable bonds is 7. The third kappa shape index (κ3) is 5.16. The van der Waals surface area contributed by atoms with Crippen molar-refractivity contribution in [2.75, 3.05) is 19.8 Å². The molecule has 0 heterocycles. The van der Waals surface area contributed by atoms with Crippen LogP contribution in [0.15, 0.2) is 65.6 Å². The zero-order valence-electron chi connectivity index (χ0n) is 14.7. The van der Waals surface area contributed by atoms with Crippen LogP contribution in [-0.4, -0.2) is 45.0 Å². The molecule has 2 rings (SSSR count). The number of carbonyl (C=O) groups excluding carboxylic acids is 2. The lowest BCUT2D eigenvalue weighted by atomic mass is 10.1. The van der Waals surface area contributed by atoms with Gasteiger partial charge in [-0.3, -0.25) is 9.59 Å². The third-order valence-corrected chi connectivity index (χ3v) is 5.43. The molecule has 0 aliphatic rings. The van der Waals surface area contributed by atoms with E-state index < -0.39 is 27.8 Å². The Hall–Kier alpha value is -2.67. The summed E-state index contributed by atoms with van der Waals surface area (Å²) in [5, 5.41) is 0. The second-order valence-electron chi connectivity index (χ2n) is 5.90. The van der Waals surface area contributed by atoms with E-state index in [1.54, 1.807) is 62.6 Å². The van der Waals surface area contributed by atoms with Crippen LogP contribution < -0.4 is 0 Å². The first-order valence-corrected chi connectivity index (χ1v) is 9.70. The summed E-state index contributed by atoms with van der Waals surface area (Å²) in [5.41, 5.74) is 0.533. The van der Waals surface area contributed by atoms with Gasteiger partial charge in [-0.15, -0.1) is 0 Å². The average molecular weight is 375 g/mol. The van der Waals surface area contributed by atoms with Crippen molar-refractivity contribution in [1.29, 1.82) is 0 Å². The van der Waals surface area contributed by atoms with Gasteiger partial charge in [0.05, 0.1) is 17.1 Å². The molecule has 0 aromatic heterocycles. The van der Waals surface area contributed by atoms with E-state index in [2.05, 4.69) is 0 Å². The van der Waals surface area contributed by atoms with Gasteiger partial charge in [-0.1, -0.05) is 48.5 Å². The standard InChI is InChI=1S/C19H21NO5S/c1-20(2)19(22)18(15-9-5-3-6-10-15)25-17(21)13-14-26(23,24)16-11-7-4-8-12-16/h3-12,18H,13-14H2,1-2H3/t18-/m1/s1. The monoisotopic (exact) mass is 375 g/mol. The summed E-state index contributed by atoms with van der Waals surface area (Å²) >= 11 is 0. The second-order valence-corrected chi connectivity index (χ2v) is 8.00. The fourth-order valence-electron chi connectivity index (χ4n) is 2.28. The minimum Gasteiger partial charge on any atom is -0.447 e. The highest BCUT2D eigenvalue weighted by atomic mass is 32.2. The maximum absolute atomic E-state index is 12.3. The summed E-state index contributed by atoms with van der Waals surface area (Å²) in [7, 11) is -0.466. The summed E-state index contributed by atoms with van der Waals surface area (Å²) in [5.74, 6) is -1.52. The van der Waals surface area contributed by atoms with Crippen LogP contribution in [0, 0.1) is 0 Å². The van der Waals surface area contributed by atoms with E-state index in [0.717, 1.165) is 0 Å². The fraction of sp³-hybridized carbons (Fsp3) is 0.263. The molecule has 7 heteroatoms. The highest BCUT2D eigenvalue weighted by molar-refractivity contribution is 7.91. The zero-order valence-corrected chi connectivity index (χ0v) is 15.5. The van der Waals surface area contributed by atoms with Crippen LogP contribution >= 0.6 is 0 Å². The van der Waals surface area contributed by atoms with Gasteiger partial charge >= 0.3 is 5.97 Å². The Balaban J connectivity index is 2.07. The predicted octanol–water partition coefficient (Wildman–Crippen LogP) is 2.22. The first-order valence-electron chi connectivity index (χ1n) is 8.04. The third-order valence-electron chi connectivity index (χ3n) is 3.69.